The van der Waals surface area contributed by atoms with E-state index in [4.69, 9.17) is 13.9 Å². The summed E-state index contributed by atoms with van der Waals surface area (Å²) in [5.41, 5.74) is 0.174. The Morgan fingerprint density at radius 3 is 2.79 bits per heavy atom. The number of fused-ring (bicyclic) bond motifs is 2. The molecule has 1 amide bonds. The van der Waals surface area contributed by atoms with E-state index in [2.05, 4.69) is 0 Å². The summed E-state index contributed by atoms with van der Waals surface area (Å²) >= 11 is 0. The average molecular weight is 399 g/mol. The zero-order valence-electron chi connectivity index (χ0n) is 15.4. The number of rotatable bonds is 5. The molecule has 2 heterocycles. The van der Waals surface area contributed by atoms with Crippen LogP contribution in [0.15, 0.2) is 51.7 Å². The smallest absolute Gasteiger partial charge is 0.420 e. The average Bonchev–Trinajstić information content (AvgIpc) is 3.02. The minimum atomic E-state index is -0.756. The highest BCUT2D eigenvalue weighted by Crippen LogP contribution is 2.31. The normalized spacial score (nSPS) is 15.3. The van der Waals surface area contributed by atoms with Crippen molar-refractivity contribution >= 4 is 22.7 Å². The molecule has 4 rings (SSSR count). The Labute approximate surface area is 164 Å². The molecule has 10 heteroatoms. The van der Waals surface area contributed by atoms with Crippen LogP contribution in [0, 0.1) is 10.1 Å². The third-order valence-electron chi connectivity index (χ3n) is 4.63. The number of likely N-dealkylation sites (N-methyl/N-ethyl adjacent to an activating group) is 1. The Kier molecular flexibility index (Phi) is 4.67. The van der Waals surface area contributed by atoms with Gasteiger partial charge in [0.2, 0.25) is 5.91 Å². The van der Waals surface area contributed by atoms with Gasteiger partial charge >= 0.3 is 5.76 Å². The Morgan fingerprint density at radius 1 is 1.28 bits per heavy atom. The molecule has 1 atom stereocenters. The number of amides is 1. The van der Waals surface area contributed by atoms with Gasteiger partial charge in [0, 0.05) is 19.2 Å². The molecule has 1 aromatic heterocycles. The highest BCUT2D eigenvalue weighted by atomic mass is 16.6. The van der Waals surface area contributed by atoms with Crippen LogP contribution in [0.4, 0.5) is 5.69 Å². The van der Waals surface area contributed by atoms with Crippen molar-refractivity contribution in [3.05, 3.63) is 63.1 Å². The molecule has 0 N–H and O–H groups in total. The summed E-state index contributed by atoms with van der Waals surface area (Å²) in [7, 11) is 1.59. The Bertz CT molecular complexity index is 1150. The van der Waals surface area contributed by atoms with Gasteiger partial charge in [-0.3, -0.25) is 19.5 Å². The number of oxazole rings is 1. The Hall–Kier alpha value is -3.82. The number of nitro benzene ring substituents is 1. The lowest BCUT2D eigenvalue weighted by atomic mass is 10.2. The first kappa shape index (κ1) is 18.5. The van der Waals surface area contributed by atoms with Crippen molar-refractivity contribution in [2.45, 2.75) is 12.6 Å². The second-order valence-corrected chi connectivity index (χ2v) is 6.64. The number of non-ortho nitro benzene ring substituents is 1. The molecule has 1 aliphatic rings. The molecular weight excluding hydrogens is 382 g/mol. The van der Waals surface area contributed by atoms with Gasteiger partial charge in [-0.2, -0.15) is 0 Å². The van der Waals surface area contributed by atoms with Crippen molar-refractivity contribution in [1.29, 1.82) is 0 Å². The summed E-state index contributed by atoms with van der Waals surface area (Å²) in [6.07, 6.45) is -0.363. The maximum atomic E-state index is 12.6. The van der Waals surface area contributed by atoms with Crippen molar-refractivity contribution in [3.63, 3.8) is 0 Å². The molecule has 0 spiro atoms. The van der Waals surface area contributed by atoms with E-state index >= 15 is 0 Å². The summed E-state index contributed by atoms with van der Waals surface area (Å²) in [6.45, 7) is 0.223. The number of carbonyl (C=O) groups excluding carboxylic acids is 1. The maximum Gasteiger partial charge on any atom is 0.420 e. The third-order valence-corrected chi connectivity index (χ3v) is 4.63. The number of nitrogens with zero attached hydrogens (tertiary/aromatic N) is 3. The van der Waals surface area contributed by atoms with E-state index in [-0.39, 0.29) is 48.5 Å². The molecule has 0 fully saturated rings. The number of hydrogen-bond donors (Lipinski definition) is 0. The SMILES string of the molecule is CN(CC1COc2ccccc2O1)C(=O)Cn1c(=O)oc2ccc([N+](=O)[O-])cc21. The van der Waals surface area contributed by atoms with Crippen LogP contribution >= 0.6 is 0 Å². The van der Waals surface area contributed by atoms with Crippen LogP contribution in [-0.4, -0.2) is 46.6 Å². The second kappa shape index (κ2) is 7.30. The zero-order valence-corrected chi connectivity index (χ0v) is 15.4. The summed E-state index contributed by atoms with van der Waals surface area (Å²) in [6, 6.07) is 11.0. The first-order valence-corrected chi connectivity index (χ1v) is 8.82. The summed E-state index contributed by atoms with van der Waals surface area (Å²) in [5.74, 6) is 0.127. The lowest BCUT2D eigenvalue weighted by Gasteiger charge is -2.29. The van der Waals surface area contributed by atoms with E-state index in [9.17, 15) is 19.7 Å². The fraction of sp³-hybridized carbons (Fsp3) is 0.263. The first-order valence-electron chi connectivity index (χ1n) is 8.82. The van der Waals surface area contributed by atoms with Gasteiger partial charge in [0.1, 0.15) is 13.2 Å². The first-order chi connectivity index (χ1) is 13.9. The monoisotopic (exact) mass is 399 g/mol. The Morgan fingerprint density at radius 2 is 2.03 bits per heavy atom. The number of carbonyl (C=O) groups is 1. The van der Waals surface area contributed by atoms with E-state index in [1.165, 1.54) is 23.1 Å². The maximum absolute atomic E-state index is 12.6. The van der Waals surface area contributed by atoms with E-state index in [1.54, 1.807) is 19.2 Å². The van der Waals surface area contributed by atoms with Gasteiger partial charge in [-0.15, -0.1) is 0 Å². The van der Waals surface area contributed by atoms with Gasteiger partial charge in [0.05, 0.1) is 17.0 Å². The van der Waals surface area contributed by atoms with Gasteiger partial charge < -0.3 is 18.8 Å². The highest BCUT2D eigenvalue weighted by molar-refractivity contribution is 5.80. The van der Waals surface area contributed by atoms with Crippen LogP contribution in [0.2, 0.25) is 0 Å². The third kappa shape index (κ3) is 3.64. The molecular formula is C19H17N3O7. The van der Waals surface area contributed by atoms with Crippen molar-refractivity contribution < 1.29 is 23.6 Å². The van der Waals surface area contributed by atoms with Crippen LogP contribution in [-0.2, 0) is 11.3 Å². The molecule has 0 bridgehead atoms. The van der Waals surface area contributed by atoms with Gasteiger partial charge in [0.25, 0.3) is 5.69 Å². The van der Waals surface area contributed by atoms with Crippen molar-refractivity contribution in [2.75, 3.05) is 20.2 Å². The number of aromatic nitrogens is 1. The van der Waals surface area contributed by atoms with Gasteiger partial charge in [-0.05, 0) is 18.2 Å². The van der Waals surface area contributed by atoms with Gasteiger partial charge in [-0.25, -0.2) is 4.79 Å². The van der Waals surface area contributed by atoms with Gasteiger partial charge in [0.15, 0.2) is 23.2 Å². The minimum absolute atomic E-state index is 0.177. The molecule has 0 saturated heterocycles. The summed E-state index contributed by atoms with van der Waals surface area (Å²) in [4.78, 5) is 36.6. The van der Waals surface area contributed by atoms with E-state index in [0.717, 1.165) is 4.57 Å². The fourth-order valence-corrected chi connectivity index (χ4v) is 3.13. The fourth-order valence-electron chi connectivity index (χ4n) is 3.13. The van der Waals surface area contributed by atoms with Crippen molar-refractivity contribution in [2.24, 2.45) is 0 Å². The molecule has 1 unspecified atom stereocenters. The van der Waals surface area contributed by atoms with Crippen LogP contribution < -0.4 is 15.2 Å². The van der Waals surface area contributed by atoms with Gasteiger partial charge in [-0.1, -0.05) is 12.1 Å². The number of nitro groups is 1. The molecule has 29 heavy (non-hydrogen) atoms. The van der Waals surface area contributed by atoms with Crippen LogP contribution in [0.25, 0.3) is 11.1 Å². The highest BCUT2D eigenvalue weighted by Gasteiger charge is 2.25. The predicted molar refractivity (Wildman–Crippen MR) is 101 cm³/mol. The van der Waals surface area contributed by atoms with E-state index < -0.39 is 10.7 Å². The molecule has 0 saturated carbocycles. The molecule has 1 aliphatic heterocycles. The second-order valence-electron chi connectivity index (χ2n) is 6.64. The minimum Gasteiger partial charge on any atom is -0.486 e. The molecule has 150 valence electrons. The number of hydrogen-bond acceptors (Lipinski definition) is 7. The molecule has 3 aromatic rings. The van der Waals surface area contributed by atoms with Crippen LogP contribution in [0.3, 0.4) is 0 Å². The quantitative estimate of drug-likeness (QED) is 0.474. The van der Waals surface area contributed by atoms with E-state index in [0.29, 0.717) is 11.5 Å². The summed E-state index contributed by atoms with van der Waals surface area (Å²) < 4.78 is 17.6. The molecule has 0 aliphatic carbocycles. The molecule has 0 radical (unpaired) electrons. The predicted octanol–water partition coefficient (Wildman–Crippen LogP) is 1.80. The Balaban J connectivity index is 1.48. The van der Waals surface area contributed by atoms with Crippen molar-refractivity contribution in [3.8, 4) is 11.5 Å². The lowest BCUT2D eigenvalue weighted by molar-refractivity contribution is -0.384. The standard InChI is InChI=1S/C19H17N3O7/c1-20(9-13-11-27-16-4-2-3-5-17(16)28-13)18(23)10-21-14-8-12(22(25)26)6-7-15(14)29-19(21)24/h2-8,13H,9-11H2,1H3. The lowest BCUT2D eigenvalue weighted by Crippen LogP contribution is -2.43. The number of para-hydroxylation sites is 2. The molecule has 10 nitrogen and oxygen atoms in total. The van der Waals surface area contributed by atoms with Crippen molar-refractivity contribution in [1.82, 2.24) is 9.47 Å². The zero-order chi connectivity index (χ0) is 20.5. The molecule has 2 aromatic carbocycles. The summed E-state index contributed by atoms with van der Waals surface area (Å²) in [5, 5.41) is 11.0. The van der Waals surface area contributed by atoms with E-state index in [1.807, 2.05) is 12.1 Å². The van der Waals surface area contributed by atoms with Crippen LogP contribution in [0.1, 0.15) is 0 Å². The largest absolute Gasteiger partial charge is 0.486 e. The number of benzene rings is 2. The number of ether oxygens (including phenoxy) is 2. The topological polar surface area (TPSA) is 117 Å². The van der Waals surface area contributed by atoms with Crippen LogP contribution in [0.5, 0.6) is 11.5 Å².